The average molecular weight is 269 g/mol. The standard InChI is InChI=1S/C8H6ClFO5S/c1-15-6-3-7(16(10,13)14)5(9)2-4(6)8(11)12/h2-3H,1H3,(H,11,12). The molecular formula is C8H6ClFO5S. The molecule has 0 aliphatic carbocycles. The van der Waals surface area contributed by atoms with Gasteiger partial charge in [0.2, 0.25) is 0 Å². The summed E-state index contributed by atoms with van der Waals surface area (Å²) < 4.78 is 38.6. The number of aromatic carboxylic acids is 1. The lowest BCUT2D eigenvalue weighted by molar-refractivity contribution is 0.0693. The van der Waals surface area contributed by atoms with Crippen LogP contribution in [0.3, 0.4) is 0 Å². The van der Waals surface area contributed by atoms with Gasteiger partial charge in [-0.3, -0.25) is 0 Å². The highest BCUT2D eigenvalue weighted by Gasteiger charge is 2.22. The molecule has 1 aromatic carbocycles. The van der Waals surface area contributed by atoms with Crippen molar-refractivity contribution in [1.82, 2.24) is 0 Å². The third kappa shape index (κ3) is 2.42. The van der Waals surface area contributed by atoms with Gasteiger partial charge in [0, 0.05) is 6.07 Å². The summed E-state index contributed by atoms with van der Waals surface area (Å²) in [6.07, 6.45) is 0. The van der Waals surface area contributed by atoms with Crippen molar-refractivity contribution in [1.29, 1.82) is 0 Å². The Balaban J connectivity index is 3.56. The van der Waals surface area contributed by atoms with Crippen molar-refractivity contribution in [2.24, 2.45) is 0 Å². The molecule has 0 aliphatic heterocycles. The van der Waals surface area contributed by atoms with Gasteiger partial charge >= 0.3 is 16.2 Å². The maximum atomic E-state index is 12.7. The largest absolute Gasteiger partial charge is 0.496 e. The molecular weight excluding hydrogens is 263 g/mol. The van der Waals surface area contributed by atoms with Crippen LogP contribution < -0.4 is 4.74 Å². The zero-order valence-corrected chi connectivity index (χ0v) is 9.47. The molecule has 8 heteroatoms. The number of ether oxygens (including phenoxy) is 1. The highest BCUT2D eigenvalue weighted by molar-refractivity contribution is 7.86. The highest BCUT2D eigenvalue weighted by atomic mass is 35.5. The first-order valence-corrected chi connectivity index (χ1v) is 5.59. The van der Waals surface area contributed by atoms with Crippen LogP contribution >= 0.6 is 11.6 Å². The number of rotatable bonds is 3. The Morgan fingerprint density at radius 2 is 2.06 bits per heavy atom. The molecule has 88 valence electrons. The molecule has 0 unspecified atom stereocenters. The van der Waals surface area contributed by atoms with Crippen LogP contribution in [0.1, 0.15) is 10.4 Å². The Morgan fingerprint density at radius 3 is 2.44 bits per heavy atom. The maximum absolute atomic E-state index is 12.7. The van der Waals surface area contributed by atoms with E-state index in [0.29, 0.717) is 0 Å². The molecule has 16 heavy (non-hydrogen) atoms. The molecule has 0 atom stereocenters. The Morgan fingerprint density at radius 1 is 1.50 bits per heavy atom. The number of methoxy groups -OCH3 is 1. The molecule has 0 spiro atoms. The summed E-state index contributed by atoms with van der Waals surface area (Å²) in [5, 5.41) is 8.22. The van der Waals surface area contributed by atoms with Gasteiger partial charge in [-0.05, 0) is 6.07 Å². The fraction of sp³-hybridized carbons (Fsp3) is 0.125. The van der Waals surface area contributed by atoms with Gasteiger partial charge in [0.05, 0.1) is 12.1 Å². The Bertz CT molecular complexity index is 540. The second-order valence-electron chi connectivity index (χ2n) is 2.73. The van der Waals surface area contributed by atoms with E-state index in [1.165, 1.54) is 0 Å². The predicted molar refractivity (Wildman–Crippen MR) is 53.3 cm³/mol. The third-order valence-electron chi connectivity index (χ3n) is 1.75. The number of carboxylic acid groups (broad SMARTS) is 1. The van der Waals surface area contributed by atoms with Gasteiger partial charge in [-0.2, -0.15) is 8.42 Å². The summed E-state index contributed by atoms with van der Waals surface area (Å²) in [4.78, 5) is 9.89. The van der Waals surface area contributed by atoms with Crippen molar-refractivity contribution in [3.8, 4) is 5.75 Å². The molecule has 0 amide bonds. The molecule has 5 nitrogen and oxygen atoms in total. The van der Waals surface area contributed by atoms with Crippen LogP contribution in [-0.2, 0) is 10.2 Å². The fourth-order valence-electron chi connectivity index (χ4n) is 1.06. The normalized spacial score (nSPS) is 11.2. The molecule has 0 fully saturated rings. The maximum Gasteiger partial charge on any atom is 0.339 e. The predicted octanol–water partition coefficient (Wildman–Crippen LogP) is 1.71. The zero-order chi connectivity index (χ0) is 12.5. The lowest BCUT2D eigenvalue weighted by Crippen LogP contribution is -2.03. The quantitative estimate of drug-likeness (QED) is 0.844. The molecule has 0 radical (unpaired) electrons. The number of hydrogen-bond donors (Lipinski definition) is 1. The van der Waals surface area contributed by atoms with Gasteiger partial charge in [-0.15, -0.1) is 3.89 Å². The van der Waals surface area contributed by atoms with Crippen LogP contribution in [-0.4, -0.2) is 26.6 Å². The number of halogens is 2. The van der Waals surface area contributed by atoms with E-state index in [-0.39, 0.29) is 11.3 Å². The summed E-state index contributed by atoms with van der Waals surface area (Å²) >= 11 is 5.45. The minimum Gasteiger partial charge on any atom is -0.496 e. The van der Waals surface area contributed by atoms with Crippen LogP contribution in [0.4, 0.5) is 3.89 Å². The van der Waals surface area contributed by atoms with E-state index >= 15 is 0 Å². The van der Waals surface area contributed by atoms with Crippen molar-refractivity contribution in [3.63, 3.8) is 0 Å². The fourth-order valence-corrected chi connectivity index (χ4v) is 2.04. The van der Waals surface area contributed by atoms with E-state index in [1.807, 2.05) is 0 Å². The van der Waals surface area contributed by atoms with Crippen LogP contribution in [0, 0.1) is 0 Å². The van der Waals surface area contributed by atoms with Crippen LogP contribution in [0.25, 0.3) is 0 Å². The number of benzene rings is 1. The summed E-state index contributed by atoms with van der Waals surface area (Å²) in [5.74, 6) is -1.64. The van der Waals surface area contributed by atoms with Crippen LogP contribution in [0.2, 0.25) is 5.02 Å². The topological polar surface area (TPSA) is 80.7 Å². The van der Waals surface area contributed by atoms with Crippen LogP contribution in [0.5, 0.6) is 5.75 Å². The lowest BCUT2D eigenvalue weighted by atomic mass is 10.2. The molecule has 0 bridgehead atoms. The van der Waals surface area contributed by atoms with E-state index < -0.39 is 26.1 Å². The van der Waals surface area contributed by atoms with Gasteiger partial charge < -0.3 is 9.84 Å². The minimum atomic E-state index is -5.01. The monoisotopic (exact) mass is 268 g/mol. The van der Waals surface area contributed by atoms with Gasteiger partial charge in [0.1, 0.15) is 16.2 Å². The SMILES string of the molecule is COc1cc(S(=O)(=O)F)c(Cl)cc1C(=O)O. The smallest absolute Gasteiger partial charge is 0.339 e. The summed E-state index contributed by atoms with van der Waals surface area (Å²) in [6.45, 7) is 0. The number of carbonyl (C=O) groups is 1. The third-order valence-corrected chi connectivity index (χ3v) is 3.03. The zero-order valence-electron chi connectivity index (χ0n) is 7.90. The van der Waals surface area contributed by atoms with E-state index in [4.69, 9.17) is 16.7 Å². The Kier molecular flexibility index (Phi) is 3.39. The molecule has 1 rings (SSSR count). The number of carboxylic acids is 1. The van der Waals surface area contributed by atoms with Crippen molar-refractivity contribution >= 4 is 27.8 Å². The van der Waals surface area contributed by atoms with Gasteiger partial charge in [-0.1, -0.05) is 11.6 Å². The summed E-state index contributed by atoms with van der Waals surface area (Å²) in [5.41, 5.74) is -0.347. The molecule has 0 heterocycles. The van der Waals surface area contributed by atoms with Gasteiger partial charge in [0.25, 0.3) is 0 Å². The molecule has 0 saturated carbocycles. The molecule has 0 saturated heterocycles. The lowest BCUT2D eigenvalue weighted by Gasteiger charge is -2.07. The van der Waals surface area contributed by atoms with Crippen molar-refractivity contribution in [3.05, 3.63) is 22.7 Å². The van der Waals surface area contributed by atoms with Crippen molar-refractivity contribution in [2.45, 2.75) is 4.90 Å². The molecule has 0 aliphatic rings. The highest BCUT2D eigenvalue weighted by Crippen LogP contribution is 2.31. The Hall–Kier alpha value is -1.34. The summed E-state index contributed by atoms with van der Waals surface area (Å²) in [7, 11) is -3.88. The average Bonchev–Trinajstić information content (AvgIpc) is 2.15. The second kappa shape index (κ2) is 4.26. The van der Waals surface area contributed by atoms with E-state index in [9.17, 15) is 17.1 Å². The van der Waals surface area contributed by atoms with Crippen molar-refractivity contribution < 1.29 is 26.9 Å². The van der Waals surface area contributed by atoms with Gasteiger partial charge in [-0.25, -0.2) is 4.79 Å². The van der Waals surface area contributed by atoms with Crippen molar-refractivity contribution in [2.75, 3.05) is 7.11 Å². The molecule has 1 N–H and O–H groups in total. The summed E-state index contributed by atoms with van der Waals surface area (Å²) in [6, 6.07) is 1.54. The number of hydrogen-bond acceptors (Lipinski definition) is 4. The van der Waals surface area contributed by atoms with E-state index in [1.54, 1.807) is 0 Å². The second-order valence-corrected chi connectivity index (χ2v) is 4.45. The molecule has 1 aromatic rings. The van der Waals surface area contributed by atoms with Crippen LogP contribution in [0.15, 0.2) is 17.0 Å². The van der Waals surface area contributed by atoms with E-state index in [2.05, 4.69) is 4.74 Å². The van der Waals surface area contributed by atoms with E-state index in [0.717, 1.165) is 19.2 Å². The minimum absolute atomic E-state index is 0.284. The Labute approximate surface area is 95.6 Å². The molecule has 0 aromatic heterocycles. The first-order valence-electron chi connectivity index (χ1n) is 3.83. The van der Waals surface area contributed by atoms with Gasteiger partial charge in [0.15, 0.2) is 0 Å². The first kappa shape index (κ1) is 12.7. The first-order chi connectivity index (χ1) is 7.27.